The van der Waals surface area contributed by atoms with Crippen molar-refractivity contribution in [3.8, 4) is 0 Å². The maximum Gasteiger partial charge on any atom is 0.272 e. The molecular weight excluding hydrogens is 330 g/mol. The normalized spacial score (nSPS) is 10.2. The van der Waals surface area contributed by atoms with Crippen LogP contribution in [0.3, 0.4) is 0 Å². The van der Waals surface area contributed by atoms with Crippen molar-refractivity contribution in [2.45, 2.75) is 13.5 Å². The predicted molar refractivity (Wildman–Crippen MR) is 88.3 cm³/mol. The monoisotopic (exact) mass is 347 g/mol. The average molecular weight is 348 g/mol. The minimum atomic E-state index is -0.0921. The fourth-order valence-corrected chi connectivity index (χ4v) is 2.39. The molecule has 0 radical (unpaired) electrons. The number of amides is 1. The zero-order valence-corrected chi connectivity index (χ0v) is 13.7. The minimum absolute atomic E-state index is 0.0921. The van der Waals surface area contributed by atoms with E-state index in [-0.39, 0.29) is 5.91 Å². The third-order valence-corrected chi connectivity index (χ3v) is 3.81. The van der Waals surface area contributed by atoms with Crippen LogP contribution in [0.2, 0.25) is 0 Å². The van der Waals surface area contributed by atoms with E-state index in [0.717, 1.165) is 22.4 Å². The number of benzene rings is 1. The molecule has 1 aromatic heterocycles. The van der Waals surface area contributed by atoms with E-state index >= 15 is 0 Å². The Morgan fingerprint density at radius 1 is 1.24 bits per heavy atom. The SMILES string of the molecule is CCNc1cccc(C(=O)N(C)Cc2ccccc2Br)n1. The highest BCUT2D eigenvalue weighted by molar-refractivity contribution is 9.10. The van der Waals surface area contributed by atoms with E-state index in [4.69, 9.17) is 0 Å². The summed E-state index contributed by atoms with van der Waals surface area (Å²) in [6, 6.07) is 13.3. The van der Waals surface area contributed by atoms with E-state index in [1.165, 1.54) is 0 Å². The third kappa shape index (κ3) is 4.04. The summed E-state index contributed by atoms with van der Waals surface area (Å²) in [5.41, 5.74) is 1.51. The summed E-state index contributed by atoms with van der Waals surface area (Å²) in [7, 11) is 1.78. The van der Waals surface area contributed by atoms with Gasteiger partial charge in [0.1, 0.15) is 11.5 Å². The van der Waals surface area contributed by atoms with Crippen molar-refractivity contribution < 1.29 is 4.79 Å². The van der Waals surface area contributed by atoms with Crippen LogP contribution in [0.25, 0.3) is 0 Å². The molecule has 2 aromatic rings. The van der Waals surface area contributed by atoms with Crippen molar-refractivity contribution in [3.05, 3.63) is 58.2 Å². The molecule has 0 aliphatic heterocycles. The lowest BCUT2D eigenvalue weighted by Crippen LogP contribution is -2.27. The molecule has 1 aromatic carbocycles. The van der Waals surface area contributed by atoms with Crippen molar-refractivity contribution in [2.75, 3.05) is 18.9 Å². The summed E-state index contributed by atoms with van der Waals surface area (Å²) in [6.45, 7) is 3.31. The van der Waals surface area contributed by atoms with E-state index in [0.29, 0.717) is 12.2 Å². The molecule has 0 atom stereocenters. The Balaban J connectivity index is 2.12. The number of hydrogen-bond acceptors (Lipinski definition) is 3. The van der Waals surface area contributed by atoms with Crippen molar-refractivity contribution in [1.29, 1.82) is 0 Å². The topological polar surface area (TPSA) is 45.2 Å². The molecule has 0 aliphatic rings. The van der Waals surface area contributed by atoms with Gasteiger partial charge in [-0.25, -0.2) is 4.98 Å². The molecule has 0 fully saturated rings. The number of nitrogens with zero attached hydrogens (tertiary/aromatic N) is 2. The summed E-state index contributed by atoms with van der Waals surface area (Å²) in [5, 5.41) is 3.11. The Bertz CT molecular complexity index is 630. The number of rotatable bonds is 5. The van der Waals surface area contributed by atoms with Crippen LogP contribution in [0.1, 0.15) is 23.0 Å². The molecule has 4 nitrogen and oxygen atoms in total. The zero-order valence-electron chi connectivity index (χ0n) is 12.1. The highest BCUT2D eigenvalue weighted by Gasteiger charge is 2.14. The molecule has 21 heavy (non-hydrogen) atoms. The second-order valence-corrected chi connectivity index (χ2v) is 5.55. The molecule has 0 aliphatic carbocycles. The maximum absolute atomic E-state index is 12.4. The summed E-state index contributed by atoms with van der Waals surface area (Å²) in [5.74, 6) is 0.628. The minimum Gasteiger partial charge on any atom is -0.370 e. The lowest BCUT2D eigenvalue weighted by molar-refractivity contribution is 0.0779. The van der Waals surface area contributed by atoms with Crippen LogP contribution in [0, 0.1) is 0 Å². The lowest BCUT2D eigenvalue weighted by atomic mass is 10.2. The predicted octanol–water partition coefficient (Wildman–Crippen LogP) is 3.55. The number of hydrogen-bond donors (Lipinski definition) is 1. The van der Waals surface area contributed by atoms with Crippen molar-refractivity contribution in [3.63, 3.8) is 0 Å². The average Bonchev–Trinajstić information content (AvgIpc) is 2.49. The van der Waals surface area contributed by atoms with Gasteiger partial charge in [0, 0.05) is 24.6 Å². The highest BCUT2D eigenvalue weighted by Crippen LogP contribution is 2.18. The van der Waals surface area contributed by atoms with Gasteiger partial charge in [-0.2, -0.15) is 0 Å². The van der Waals surface area contributed by atoms with Gasteiger partial charge in [0.15, 0.2) is 0 Å². The summed E-state index contributed by atoms with van der Waals surface area (Å²) in [6.07, 6.45) is 0. The van der Waals surface area contributed by atoms with Gasteiger partial charge in [0.2, 0.25) is 0 Å². The Morgan fingerprint density at radius 3 is 2.71 bits per heavy atom. The van der Waals surface area contributed by atoms with Crippen LogP contribution < -0.4 is 5.32 Å². The number of pyridine rings is 1. The van der Waals surface area contributed by atoms with E-state index < -0.39 is 0 Å². The van der Waals surface area contributed by atoms with Crippen LogP contribution in [-0.4, -0.2) is 29.4 Å². The summed E-state index contributed by atoms with van der Waals surface area (Å²) >= 11 is 3.50. The summed E-state index contributed by atoms with van der Waals surface area (Å²) in [4.78, 5) is 18.4. The zero-order chi connectivity index (χ0) is 15.2. The quantitative estimate of drug-likeness (QED) is 0.899. The van der Waals surface area contributed by atoms with E-state index in [2.05, 4.69) is 26.2 Å². The van der Waals surface area contributed by atoms with Crippen LogP contribution in [-0.2, 0) is 6.54 Å². The van der Waals surface area contributed by atoms with Gasteiger partial charge in [0.25, 0.3) is 5.91 Å². The van der Waals surface area contributed by atoms with E-state index in [9.17, 15) is 4.79 Å². The largest absolute Gasteiger partial charge is 0.370 e. The molecule has 0 spiro atoms. The molecule has 1 amide bonds. The molecule has 0 bridgehead atoms. The molecule has 0 saturated carbocycles. The van der Waals surface area contributed by atoms with Gasteiger partial charge in [-0.15, -0.1) is 0 Å². The fraction of sp³-hybridized carbons (Fsp3) is 0.250. The first-order chi connectivity index (χ1) is 10.1. The maximum atomic E-state index is 12.4. The van der Waals surface area contributed by atoms with Crippen molar-refractivity contribution >= 4 is 27.7 Å². The first-order valence-electron chi connectivity index (χ1n) is 6.81. The van der Waals surface area contributed by atoms with Gasteiger partial charge in [-0.3, -0.25) is 4.79 Å². The number of anilines is 1. The van der Waals surface area contributed by atoms with Crippen LogP contribution in [0.5, 0.6) is 0 Å². The Morgan fingerprint density at radius 2 is 2.00 bits per heavy atom. The fourth-order valence-electron chi connectivity index (χ4n) is 1.98. The van der Waals surface area contributed by atoms with Crippen molar-refractivity contribution in [1.82, 2.24) is 9.88 Å². The number of aromatic nitrogens is 1. The van der Waals surface area contributed by atoms with Crippen molar-refractivity contribution in [2.24, 2.45) is 0 Å². The second-order valence-electron chi connectivity index (χ2n) is 4.69. The number of nitrogens with one attached hydrogen (secondary N) is 1. The molecule has 110 valence electrons. The highest BCUT2D eigenvalue weighted by atomic mass is 79.9. The summed E-state index contributed by atoms with van der Waals surface area (Å²) < 4.78 is 0.999. The molecule has 0 unspecified atom stereocenters. The van der Waals surface area contributed by atoms with Crippen LogP contribution in [0.4, 0.5) is 5.82 Å². The lowest BCUT2D eigenvalue weighted by Gasteiger charge is -2.18. The smallest absolute Gasteiger partial charge is 0.272 e. The van der Waals surface area contributed by atoms with E-state index in [1.54, 1.807) is 18.0 Å². The molecule has 0 saturated heterocycles. The number of halogens is 1. The molecule has 1 N–H and O–H groups in total. The molecule has 5 heteroatoms. The molecular formula is C16H18BrN3O. The standard InChI is InChI=1S/C16H18BrN3O/c1-3-18-15-10-6-9-14(19-15)16(21)20(2)11-12-7-4-5-8-13(12)17/h4-10H,3,11H2,1-2H3,(H,18,19). The molecule has 1 heterocycles. The first kappa shape index (κ1) is 15.5. The number of carbonyl (C=O) groups is 1. The van der Waals surface area contributed by atoms with Gasteiger partial charge >= 0.3 is 0 Å². The van der Waals surface area contributed by atoms with Crippen LogP contribution >= 0.6 is 15.9 Å². The van der Waals surface area contributed by atoms with Gasteiger partial charge in [0.05, 0.1) is 0 Å². The van der Waals surface area contributed by atoms with Gasteiger partial charge in [-0.1, -0.05) is 40.2 Å². The molecule has 2 rings (SSSR count). The number of carbonyl (C=O) groups excluding carboxylic acids is 1. The Hall–Kier alpha value is -1.88. The first-order valence-corrected chi connectivity index (χ1v) is 7.61. The van der Waals surface area contributed by atoms with E-state index in [1.807, 2.05) is 43.3 Å². The Labute approximate surface area is 133 Å². The van der Waals surface area contributed by atoms with Gasteiger partial charge < -0.3 is 10.2 Å². The third-order valence-electron chi connectivity index (χ3n) is 3.04. The Kier molecular flexibility index (Phi) is 5.33. The second kappa shape index (κ2) is 7.22. The van der Waals surface area contributed by atoms with Crippen LogP contribution in [0.15, 0.2) is 46.9 Å². The van der Waals surface area contributed by atoms with Gasteiger partial charge in [-0.05, 0) is 30.7 Å².